The van der Waals surface area contributed by atoms with Crippen LogP contribution < -0.4 is 0 Å². The topological polar surface area (TPSA) is 55.8 Å². The van der Waals surface area contributed by atoms with Crippen molar-refractivity contribution in [2.24, 2.45) is 5.92 Å². The zero-order valence-corrected chi connectivity index (χ0v) is 12.0. The molecule has 1 aliphatic heterocycles. The number of carbonyl (C=O) groups excluding carboxylic acids is 2. The summed E-state index contributed by atoms with van der Waals surface area (Å²) in [6.45, 7) is 5.03. The average molecular weight is 275 g/mol. The van der Waals surface area contributed by atoms with Gasteiger partial charge in [0.25, 0.3) is 0 Å². The van der Waals surface area contributed by atoms with Gasteiger partial charge in [-0.25, -0.2) is 4.79 Å². The molecule has 1 heterocycles. The second-order valence-electron chi connectivity index (χ2n) is 4.52. The predicted octanol–water partition coefficient (Wildman–Crippen LogP) is 1.76. The number of hydrogen-bond acceptors (Lipinski definition) is 5. The summed E-state index contributed by atoms with van der Waals surface area (Å²) in [5, 5.41) is 0. The van der Waals surface area contributed by atoms with E-state index in [2.05, 4.69) is 0 Å². The molecule has 1 aliphatic rings. The predicted molar refractivity (Wildman–Crippen MR) is 70.6 cm³/mol. The highest BCUT2D eigenvalue weighted by atomic mass is 32.2. The average Bonchev–Trinajstić information content (AvgIpc) is 2.77. The molecule has 1 atom stereocenters. The van der Waals surface area contributed by atoms with Crippen molar-refractivity contribution in [3.63, 3.8) is 0 Å². The standard InChI is InChI=1S/C12H21NO4S/c1-9(2)17-11(14)10-4-5-13(8-10)12(15)16-6-7-18-3/h9-10H,4-8H2,1-3H3. The largest absolute Gasteiger partial charge is 0.463 e. The van der Waals surface area contributed by atoms with E-state index in [0.29, 0.717) is 26.1 Å². The summed E-state index contributed by atoms with van der Waals surface area (Å²) in [7, 11) is 0. The van der Waals surface area contributed by atoms with Crippen molar-refractivity contribution in [2.75, 3.05) is 31.7 Å². The summed E-state index contributed by atoms with van der Waals surface area (Å²) in [5.41, 5.74) is 0. The number of nitrogens with zero attached hydrogens (tertiary/aromatic N) is 1. The number of thioether (sulfide) groups is 1. The van der Waals surface area contributed by atoms with Gasteiger partial charge in [-0.1, -0.05) is 0 Å². The van der Waals surface area contributed by atoms with Crippen LogP contribution in [0.15, 0.2) is 0 Å². The number of amides is 1. The Balaban J connectivity index is 2.31. The summed E-state index contributed by atoms with van der Waals surface area (Å²) in [6.07, 6.45) is 2.18. The van der Waals surface area contributed by atoms with E-state index < -0.39 is 0 Å². The zero-order valence-electron chi connectivity index (χ0n) is 11.2. The lowest BCUT2D eigenvalue weighted by Crippen LogP contribution is -2.31. The van der Waals surface area contributed by atoms with Gasteiger partial charge in [0.05, 0.1) is 12.0 Å². The van der Waals surface area contributed by atoms with Crippen molar-refractivity contribution in [1.29, 1.82) is 0 Å². The van der Waals surface area contributed by atoms with Gasteiger partial charge < -0.3 is 14.4 Å². The number of ether oxygens (including phenoxy) is 2. The Hall–Kier alpha value is -0.910. The molecule has 1 saturated heterocycles. The number of carbonyl (C=O) groups is 2. The summed E-state index contributed by atoms with van der Waals surface area (Å²) in [4.78, 5) is 24.9. The van der Waals surface area contributed by atoms with E-state index in [0.717, 1.165) is 5.75 Å². The maximum atomic E-state index is 11.7. The van der Waals surface area contributed by atoms with Crippen molar-refractivity contribution >= 4 is 23.8 Å². The molecule has 0 aliphatic carbocycles. The number of rotatable bonds is 5. The van der Waals surface area contributed by atoms with Crippen molar-refractivity contribution in [3.05, 3.63) is 0 Å². The summed E-state index contributed by atoms with van der Waals surface area (Å²) in [5.74, 6) is 0.364. The molecule has 0 aromatic rings. The van der Waals surface area contributed by atoms with Crippen LogP contribution in [0.2, 0.25) is 0 Å². The zero-order chi connectivity index (χ0) is 13.5. The van der Waals surface area contributed by atoms with Gasteiger partial charge in [-0.2, -0.15) is 11.8 Å². The van der Waals surface area contributed by atoms with Crippen LogP contribution in [0.1, 0.15) is 20.3 Å². The number of likely N-dealkylation sites (tertiary alicyclic amines) is 1. The van der Waals surface area contributed by atoms with Crippen molar-refractivity contribution in [1.82, 2.24) is 4.90 Å². The van der Waals surface area contributed by atoms with E-state index in [9.17, 15) is 9.59 Å². The Morgan fingerprint density at radius 2 is 2.17 bits per heavy atom. The molecule has 1 unspecified atom stereocenters. The lowest BCUT2D eigenvalue weighted by Gasteiger charge is -2.16. The van der Waals surface area contributed by atoms with Gasteiger partial charge in [-0.05, 0) is 26.5 Å². The SMILES string of the molecule is CSCCOC(=O)N1CCC(C(=O)OC(C)C)C1. The van der Waals surface area contributed by atoms with E-state index in [4.69, 9.17) is 9.47 Å². The Kier molecular flexibility index (Phi) is 6.32. The van der Waals surface area contributed by atoms with Crippen LogP contribution in [-0.2, 0) is 14.3 Å². The fourth-order valence-corrected chi connectivity index (χ4v) is 2.00. The van der Waals surface area contributed by atoms with Gasteiger partial charge >= 0.3 is 12.1 Å². The lowest BCUT2D eigenvalue weighted by molar-refractivity contribution is -0.151. The third kappa shape index (κ3) is 4.76. The van der Waals surface area contributed by atoms with Gasteiger partial charge in [-0.3, -0.25) is 4.79 Å². The molecule has 6 heteroatoms. The molecule has 18 heavy (non-hydrogen) atoms. The first-order valence-electron chi connectivity index (χ1n) is 6.15. The van der Waals surface area contributed by atoms with E-state index in [1.54, 1.807) is 16.7 Å². The summed E-state index contributed by atoms with van der Waals surface area (Å²) in [6, 6.07) is 0. The molecule has 0 spiro atoms. The Labute approximate surface area is 112 Å². The highest BCUT2D eigenvalue weighted by Crippen LogP contribution is 2.19. The minimum absolute atomic E-state index is 0.111. The van der Waals surface area contributed by atoms with E-state index in [1.165, 1.54) is 0 Å². The first kappa shape index (κ1) is 15.1. The smallest absolute Gasteiger partial charge is 0.409 e. The molecule has 5 nitrogen and oxygen atoms in total. The van der Waals surface area contributed by atoms with Gasteiger partial charge in [-0.15, -0.1) is 0 Å². The van der Waals surface area contributed by atoms with Gasteiger partial charge in [0, 0.05) is 18.8 Å². The molecule has 0 N–H and O–H groups in total. The van der Waals surface area contributed by atoms with Gasteiger partial charge in [0.15, 0.2) is 0 Å². The Morgan fingerprint density at radius 1 is 1.44 bits per heavy atom. The molecule has 0 saturated carbocycles. The Bertz CT molecular complexity index is 296. The minimum Gasteiger partial charge on any atom is -0.463 e. The van der Waals surface area contributed by atoms with Gasteiger partial charge in [0.1, 0.15) is 6.61 Å². The van der Waals surface area contributed by atoms with Crippen molar-refractivity contribution in [3.8, 4) is 0 Å². The molecular formula is C12H21NO4S. The molecule has 1 amide bonds. The third-order valence-electron chi connectivity index (χ3n) is 2.64. The molecule has 0 aromatic carbocycles. The molecule has 0 aromatic heterocycles. The first-order valence-corrected chi connectivity index (χ1v) is 7.55. The van der Waals surface area contributed by atoms with E-state index in [1.807, 2.05) is 20.1 Å². The van der Waals surface area contributed by atoms with Crippen LogP contribution in [0.5, 0.6) is 0 Å². The Morgan fingerprint density at radius 3 is 2.78 bits per heavy atom. The quantitative estimate of drug-likeness (QED) is 0.565. The second-order valence-corrected chi connectivity index (χ2v) is 5.51. The van der Waals surface area contributed by atoms with Crippen molar-refractivity contribution in [2.45, 2.75) is 26.4 Å². The summed E-state index contributed by atoms with van der Waals surface area (Å²) >= 11 is 1.63. The van der Waals surface area contributed by atoms with Gasteiger partial charge in [0.2, 0.25) is 0 Å². The fraction of sp³-hybridized carbons (Fsp3) is 0.833. The minimum atomic E-state index is -0.330. The fourth-order valence-electron chi connectivity index (χ4n) is 1.75. The van der Waals surface area contributed by atoms with Crippen LogP contribution in [-0.4, -0.2) is 54.8 Å². The van der Waals surface area contributed by atoms with E-state index >= 15 is 0 Å². The van der Waals surface area contributed by atoms with Crippen molar-refractivity contribution < 1.29 is 19.1 Å². The van der Waals surface area contributed by atoms with Crippen LogP contribution in [0.3, 0.4) is 0 Å². The van der Waals surface area contributed by atoms with Crippen LogP contribution in [0.4, 0.5) is 4.79 Å². The maximum Gasteiger partial charge on any atom is 0.409 e. The van der Waals surface area contributed by atoms with Crippen LogP contribution in [0.25, 0.3) is 0 Å². The normalized spacial score (nSPS) is 19.1. The number of hydrogen-bond donors (Lipinski definition) is 0. The summed E-state index contributed by atoms with van der Waals surface area (Å²) < 4.78 is 10.2. The first-order chi connectivity index (χ1) is 8.54. The lowest BCUT2D eigenvalue weighted by atomic mass is 10.1. The highest BCUT2D eigenvalue weighted by molar-refractivity contribution is 7.98. The third-order valence-corrected chi connectivity index (χ3v) is 3.22. The molecule has 0 radical (unpaired) electrons. The second kappa shape index (κ2) is 7.51. The number of esters is 1. The molecule has 1 rings (SSSR count). The molecule has 0 bridgehead atoms. The molecule has 104 valence electrons. The van der Waals surface area contributed by atoms with Crippen LogP contribution in [0, 0.1) is 5.92 Å². The van der Waals surface area contributed by atoms with Crippen LogP contribution >= 0.6 is 11.8 Å². The highest BCUT2D eigenvalue weighted by Gasteiger charge is 2.33. The van der Waals surface area contributed by atoms with E-state index in [-0.39, 0.29) is 24.1 Å². The molecular weight excluding hydrogens is 254 g/mol. The monoisotopic (exact) mass is 275 g/mol. The maximum absolute atomic E-state index is 11.7. The molecule has 1 fully saturated rings.